The Balaban J connectivity index is 4.06. The molecule has 0 saturated carbocycles. The fraction of sp³-hybridized carbons (Fsp3) is 1.00. The van der Waals surface area contributed by atoms with Crippen molar-refractivity contribution in [1.82, 2.24) is 0 Å². The zero-order valence-corrected chi connectivity index (χ0v) is 12.1. The third-order valence-electron chi connectivity index (χ3n) is 2.77. The van der Waals surface area contributed by atoms with E-state index >= 15 is 0 Å². The Kier molecular flexibility index (Phi) is 6.57. The average molecular weight is 230 g/mol. The summed E-state index contributed by atoms with van der Waals surface area (Å²) < 4.78 is 5.72. The van der Waals surface area contributed by atoms with Gasteiger partial charge in [-0.1, -0.05) is 48.5 Å². The van der Waals surface area contributed by atoms with Gasteiger partial charge in [0.15, 0.2) is 6.29 Å². The minimum atomic E-state index is -0.617. The molecule has 0 fully saturated rings. The highest BCUT2D eigenvalue weighted by Gasteiger charge is 2.22. The van der Waals surface area contributed by atoms with E-state index in [-0.39, 0.29) is 11.5 Å². The quantitative estimate of drug-likeness (QED) is 0.703. The lowest BCUT2D eigenvalue weighted by Gasteiger charge is -2.29. The summed E-state index contributed by atoms with van der Waals surface area (Å²) >= 11 is 0. The lowest BCUT2D eigenvalue weighted by atomic mass is 9.90. The number of aliphatic hydroxyl groups is 1. The first kappa shape index (κ1) is 15.9. The summed E-state index contributed by atoms with van der Waals surface area (Å²) in [6, 6.07) is 0. The molecule has 0 bridgehead atoms. The average Bonchev–Trinajstić information content (AvgIpc) is 2.08. The van der Waals surface area contributed by atoms with Gasteiger partial charge in [-0.05, 0) is 30.1 Å². The van der Waals surface area contributed by atoms with Gasteiger partial charge >= 0.3 is 0 Å². The molecule has 0 radical (unpaired) electrons. The lowest BCUT2D eigenvalue weighted by molar-refractivity contribution is -0.165. The van der Waals surface area contributed by atoms with Crippen LogP contribution in [0.3, 0.4) is 0 Å². The zero-order chi connectivity index (χ0) is 12.9. The standard InChI is InChI=1S/C14H30O2/c1-10(2)13(11(3)4)16-12(15)8-9-14(5,6)7/h10-13,15H,8-9H2,1-7H3. The molecule has 0 heterocycles. The second-order valence-corrected chi connectivity index (χ2v) is 6.64. The molecule has 2 heteroatoms. The van der Waals surface area contributed by atoms with Crippen LogP contribution < -0.4 is 0 Å². The molecule has 2 nitrogen and oxygen atoms in total. The van der Waals surface area contributed by atoms with Crippen molar-refractivity contribution in [1.29, 1.82) is 0 Å². The number of rotatable bonds is 6. The first-order valence-corrected chi connectivity index (χ1v) is 6.47. The number of ether oxygens (including phenoxy) is 1. The fourth-order valence-electron chi connectivity index (χ4n) is 1.89. The molecule has 0 aromatic carbocycles. The van der Waals surface area contributed by atoms with Gasteiger partial charge in [-0.25, -0.2) is 0 Å². The predicted octanol–water partition coefficient (Wildman–Crippen LogP) is 3.83. The molecule has 0 rings (SSSR count). The van der Waals surface area contributed by atoms with Crippen LogP contribution in [0.5, 0.6) is 0 Å². The number of aliphatic hydroxyl groups excluding tert-OH is 1. The van der Waals surface area contributed by atoms with Crippen LogP contribution in [0.15, 0.2) is 0 Å². The molecule has 0 aliphatic rings. The molecule has 0 spiro atoms. The summed E-state index contributed by atoms with van der Waals surface area (Å²) in [5.74, 6) is 0.897. The predicted molar refractivity (Wildman–Crippen MR) is 69.2 cm³/mol. The summed E-state index contributed by atoms with van der Waals surface area (Å²) in [5.41, 5.74) is 0.259. The van der Waals surface area contributed by atoms with Crippen LogP contribution in [0, 0.1) is 17.3 Å². The van der Waals surface area contributed by atoms with Crippen molar-refractivity contribution in [3.63, 3.8) is 0 Å². The zero-order valence-electron chi connectivity index (χ0n) is 12.1. The third-order valence-corrected chi connectivity index (χ3v) is 2.77. The van der Waals surface area contributed by atoms with E-state index in [1.165, 1.54) is 0 Å². The van der Waals surface area contributed by atoms with Gasteiger partial charge in [-0.3, -0.25) is 0 Å². The molecule has 16 heavy (non-hydrogen) atoms. The topological polar surface area (TPSA) is 29.5 Å². The summed E-state index contributed by atoms with van der Waals surface area (Å²) in [6.07, 6.45) is 1.24. The molecular weight excluding hydrogens is 200 g/mol. The van der Waals surface area contributed by atoms with E-state index in [1.807, 2.05) is 0 Å². The highest BCUT2D eigenvalue weighted by molar-refractivity contribution is 4.68. The first-order valence-electron chi connectivity index (χ1n) is 6.47. The normalized spacial score (nSPS) is 15.2. The van der Waals surface area contributed by atoms with E-state index < -0.39 is 6.29 Å². The number of hydrogen-bond acceptors (Lipinski definition) is 2. The van der Waals surface area contributed by atoms with Crippen LogP contribution in [0.4, 0.5) is 0 Å². The summed E-state index contributed by atoms with van der Waals surface area (Å²) in [7, 11) is 0. The minimum Gasteiger partial charge on any atom is -0.368 e. The van der Waals surface area contributed by atoms with Crippen molar-refractivity contribution >= 4 is 0 Å². The van der Waals surface area contributed by atoms with Gasteiger partial charge in [-0.15, -0.1) is 0 Å². The van der Waals surface area contributed by atoms with Crippen LogP contribution in [-0.2, 0) is 4.74 Å². The largest absolute Gasteiger partial charge is 0.368 e. The van der Waals surface area contributed by atoms with Crippen molar-refractivity contribution in [2.24, 2.45) is 17.3 Å². The van der Waals surface area contributed by atoms with E-state index in [4.69, 9.17) is 4.74 Å². The molecule has 98 valence electrons. The third kappa shape index (κ3) is 7.24. The maximum Gasteiger partial charge on any atom is 0.154 e. The Bertz CT molecular complexity index is 172. The molecule has 0 aromatic rings. The smallest absolute Gasteiger partial charge is 0.154 e. The highest BCUT2D eigenvalue weighted by atomic mass is 16.6. The van der Waals surface area contributed by atoms with Gasteiger partial charge in [0.1, 0.15) is 0 Å². The van der Waals surface area contributed by atoms with Crippen LogP contribution in [0.25, 0.3) is 0 Å². The van der Waals surface area contributed by atoms with Gasteiger partial charge in [0.2, 0.25) is 0 Å². The van der Waals surface area contributed by atoms with Gasteiger partial charge < -0.3 is 9.84 Å². The maximum atomic E-state index is 9.86. The highest BCUT2D eigenvalue weighted by Crippen LogP contribution is 2.24. The molecule has 1 atom stereocenters. The van der Waals surface area contributed by atoms with Crippen molar-refractivity contribution in [2.75, 3.05) is 0 Å². The van der Waals surface area contributed by atoms with Crippen molar-refractivity contribution in [3.05, 3.63) is 0 Å². The molecule has 1 N–H and O–H groups in total. The Morgan fingerprint density at radius 2 is 1.44 bits per heavy atom. The molecule has 1 unspecified atom stereocenters. The second kappa shape index (κ2) is 6.61. The molecule has 0 saturated heterocycles. The van der Waals surface area contributed by atoms with E-state index in [2.05, 4.69) is 48.5 Å². The van der Waals surface area contributed by atoms with Crippen molar-refractivity contribution in [3.8, 4) is 0 Å². The SMILES string of the molecule is CC(C)C(OC(O)CCC(C)(C)C)C(C)C. The van der Waals surface area contributed by atoms with Crippen LogP contribution in [0.2, 0.25) is 0 Å². The van der Waals surface area contributed by atoms with E-state index in [0.29, 0.717) is 11.8 Å². The molecule has 0 amide bonds. The van der Waals surface area contributed by atoms with E-state index in [9.17, 15) is 5.11 Å². The van der Waals surface area contributed by atoms with Gasteiger partial charge in [-0.2, -0.15) is 0 Å². The maximum absolute atomic E-state index is 9.86. The first-order chi connectivity index (χ1) is 7.13. The molecule has 0 aliphatic carbocycles. The minimum absolute atomic E-state index is 0.148. The van der Waals surface area contributed by atoms with Gasteiger partial charge in [0.25, 0.3) is 0 Å². The lowest BCUT2D eigenvalue weighted by Crippen LogP contribution is -2.31. The summed E-state index contributed by atoms with van der Waals surface area (Å²) in [4.78, 5) is 0. The van der Waals surface area contributed by atoms with Gasteiger partial charge in [0, 0.05) is 0 Å². The van der Waals surface area contributed by atoms with Crippen molar-refractivity contribution in [2.45, 2.75) is 73.7 Å². The van der Waals surface area contributed by atoms with Gasteiger partial charge in [0.05, 0.1) is 6.10 Å². The van der Waals surface area contributed by atoms with Crippen LogP contribution in [0.1, 0.15) is 61.3 Å². The second-order valence-electron chi connectivity index (χ2n) is 6.64. The van der Waals surface area contributed by atoms with Crippen LogP contribution in [-0.4, -0.2) is 17.5 Å². The van der Waals surface area contributed by atoms with Crippen LogP contribution >= 0.6 is 0 Å². The molecule has 0 aromatic heterocycles. The monoisotopic (exact) mass is 230 g/mol. The Labute approximate surface area is 101 Å². The fourth-order valence-corrected chi connectivity index (χ4v) is 1.89. The van der Waals surface area contributed by atoms with Crippen molar-refractivity contribution < 1.29 is 9.84 Å². The molecule has 0 aliphatic heterocycles. The molecular formula is C14H30O2. The Morgan fingerprint density at radius 3 is 1.75 bits per heavy atom. The summed E-state index contributed by atoms with van der Waals surface area (Å²) in [6.45, 7) is 15.1. The summed E-state index contributed by atoms with van der Waals surface area (Å²) in [5, 5.41) is 9.86. The Morgan fingerprint density at radius 1 is 1.00 bits per heavy atom. The number of hydrogen-bond donors (Lipinski definition) is 1. The van der Waals surface area contributed by atoms with E-state index in [1.54, 1.807) is 0 Å². The Hall–Kier alpha value is -0.0800. The van der Waals surface area contributed by atoms with E-state index in [0.717, 1.165) is 12.8 Å².